The topological polar surface area (TPSA) is 57.0 Å². The van der Waals surface area contributed by atoms with Gasteiger partial charge in [-0.1, -0.05) is 0 Å². The van der Waals surface area contributed by atoms with Gasteiger partial charge in [-0.15, -0.1) is 10.2 Å². The number of benzene rings is 1. The number of hydrogen-bond acceptors (Lipinski definition) is 4. The van der Waals surface area contributed by atoms with E-state index in [0.29, 0.717) is 5.56 Å². The molecule has 0 fully saturated rings. The van der Waals surface area contributed by atoms with Crippen LogP contribution in [0.25, 0.3) is 5.69 Å². The van der Waals surface area contributed by atoms with Gasteiger partial charge in [0.15, 0.2) is 0 Å². The summed E-state index contributed by atoms with van der Waals surface area (Å²) in [7, 11) is 1.35. The quantitative estimate of drug-likeness (QED) is 0.788. The molecule has 0 saturated carbocycles. The van der Waals surface area contributed by atoms with Crippen LogP contribution in [0, 0.1) is 0 Å². The number of carbonyl (C=O) groups excluding carboxylic acids is 1. The Morgan fingerprint density at radius 1 is 1.38 bits per heavy atom. The van der Waals surface area contributed by atoms with Crippen molar-refractivity contribution >= 4 is 21.9 Å². The number of hydrogen-bond donors (Lipinski definition) is 0. The van der Waals surface area contributed by atoms with Crippen molar-refractivity contribution in [1.29, 1.82) is 0 Å². The van der Waals surface area contributed by atoms with Gasteiger partial charge >= 0.3 is 5.97 Å². The fraction of sp³-hybridized carbons (Fsp3) is 0.100. The number of rotatable bonds is 2. The lowest BCUT2D eigenvalue weighted by Gasteiger charge is -2.06. The van der Waals surface area contributed by atoms with Crippen LogP contribution in [0.3, 0.4) is 0 Å². The molecule has 0 aliphatic rings. The number of nitrogens with zero attached hydrogens (tertiary/aromatic N) is 3. The van der Waals surface area contributed by atoms with Crippen molar-refractivity contribution in [2.24, 2.45) is 0 Å². The van der Waals surface area contributed by atoms with E-state index in [9.17, 15) is 4.79 Å². The van der Waals surface area contributed by atoms with Gasteiger partial charge in [-0.2, -0.15) is 0 Å². The Balaban J connectivity index is 2.49. The fourth-order valence-corrected chi connectivity index (χ4v) is 1.73. The van der Waals surface area contributed by atoms with Crippen molar-refractivity contribution in [1.82, 2.24) is 14.8 Å². The average Bonchev–Trinajstić information content (AvgIpc) is 2.82. The predicted octanol–water partition coefficient (Wildman–Crippen LogP) is 1.82. The van der Waals surface area contributed by atoms with Gasteiger partial charge in [0.1, 0.15) is 12.7 Å². The highest BCUT2D eigenvalue weighted by atomic mass is 79.9. The smallest absolute Gasteiger partial charge is 0.337 e. The van der Waals surface area contributed by atoms with Crippen LogP contribution in [0.4, 0.5) is 0 Å². The van der Waals surface area contributed by atoms with Gasteiger partial charge in [0.25, 0.3) is 0 Å². The first-order valence-electron chi connectivity index (χ1n) is 4.45. The Bertz CT molecular complexity index is 511. The summed E-state index contributed by atoms with van der Waals surface area (Å²) in [6.07, 6.45) is 3.11. The third-order valence-electron chi connectivity index (χ3n) is 2.06. The van der Waals surface area contributed by atoms with E-state index in [-0.39, 0.29) is 5.97 Å². The molecule has 5 nitrogen and oxygen atoms in total. The number of methoxy groups -OCH3 is 1. The summed E-state index contributed by atoms with van der Waals surface area (Å²) < 4.78 is 7.21. The molecular formula is C10H8BrN3O2. The van der Waals surface area contributed by atoms with Crippen molar-refractivity contribution in [2.75, 3.05) is 7.11 Å². The van der Waals surface area contributed by atoms with Crippen molar-refractivity contribution in [3.05, 3.63) is 40.9 Å². The number of ether oxygens (including phenoxy) is 1. The van der Waals surface area contributed by atoms with Crippen molar-refractivity contribution in [3.63, 3.8) is 0 Å². The molecule has 1 aromatic heterocycles. The molecule has 82 valence electrons. The van der Waals surface area contributed by atoms with E-state index < -0.39 is 0 Å². The van der Waals surface area contributed by atoms with Crippen LogP contribution >= 0.6 is 15.9 Å². The zero-order chi connectivity index (χ0) is 11.5. The lowest BCUT2D eigenvalue weighted by atomic mass is 10.2. The van der Waals surface area contributed by atoms with E-state index in [0.717, 1.165) is 10.2 Å². The monoisotopic (exact) mass is 281 g/mol. The number of halogens is 1. The van der Waals surface area contributed by atoms with E-state index in [1.807, 2.05) is 0 Å². The predicted molar refractivity (Wildman–Crippen MR) is 60.4 cm³/mol. The second-order valence-corrected chi connectivity index (χ2v) is 3.88. The molecule has 1 aromatic carbocycles. The van der Waals surface area contributed by atoms with E-state index in [1.54, 1.807) is 35.4 Å². The van der Waals surface area contributed by atoms with Gasteiger partial charge in [0, 0.05) is 4.47 Å². The molecule has 0 aliphatic carbocycles. The standard InChI is InChI=1S/C10H8BrN3O2/c1-16-10(15)7-2-3-8(11)9(4-7)14-5-12-13-6-14/h2-6H,1H3. The third-order valence-corrected chi connectivity index (χ3v) is 2.73. The molecule has 0 saturated heterocycles. The molecule has 0 spiro atoms. The van der Waals surface area contributed by atoms with Crippen LogP contribution in [-0.4, -0.2) is 27.8 Å². The summed E-state index contributed by atoms with van der Waals surface area (Å²) in [4.78, 5) is 11.4. The fourth-order valence-electron chi connectivity index (χ4n) is 1.28. The summed E-state index contributed by atoms with van der Waals surface area (Å²) in [6.45, 7) is 0. The first kappa shape index (κ1) is 10.8. The summed E-state index contributed by atoms with van der Waals surface area (Å²) >= 11 is 3.39. The van der Waals surface area contributed by atoms with Crippen LogP contribution in [0.1, 0.15) is 10.4 Å². The SMILES string of the molecule is COC(=O)c1ccc(Br)c(-n2cnnc2)c1. The highest BCUT2D eigenvalue weighted by Gasteiger charge is 2.09. The Hall–Kier alpha value is -1.69. The molecule has 0 radical (unpaired) electrons. The Morgan fingerprint density at radius 3 is 2.69 bits per heavy atom. The van der Waals surface area contributed by atoms with Crippen LogP contribution in [0.15, 0.2) is 35.3 Å². The number of esters is 1. The van der Waals surface area contributed by atoms with Gasteiger partial charge in [-0.25, -0.2) is 4.79 Å². The summed E-state index contributed by atoms with van der Waals surface area (Å²) in [5, 5.41) is 7.42. The molecule has 6 heteroatoms. The molecule has 2 rings (SSSR count). The molecule has 0 atom stereocenters. The highest BCUT2D eigenvalue weighted by Crippen LogP contribution is 2.22. The lowest BCUT2D eigenvalue weighted by Crippen LogP contribution is -2.03. The first-order chi connectivity index (χ1) is 7.72. The molecule has 1 heterocycles. The van der Waals surface area contributed by atoms with Crippen molar-refractivity contribution in [3.8, 4) is 5.69 Å². The van der Waals surface area contributed by atoms with Gasteiger partial charge in [0.2, 0.25) is 0 Å². The Labute approximate surface area is 100 Å². The molecule has 0 N–H and O–H groups in total. The summed E-state index contributed by atoms with van der Waals surface area (Å²) in [5.41, 5.74) is 1.27. The maximum atomic E-state index is 11.4. The zero-order valence-corrected chi connectivity index (χ0v) is 10.0. The van der Waals surface area contributed by atoms with Gasteiger partial charge in [-0.05, 0) is 34.1 Å². The minimum absolute atomic E-state index is 0.373. The highest BCUT2D eigenvalue weighted by molar-refractivity contribution is 9.10. The van der Waals surface area contributed by atoms with Gasteiger partial charge in [0.05, 0.1) is 18.4 Å². The molecule has 0 amide bonds. The molecule has 0 aliphatic heterocycles. The van der Waals surface area contributed by atoms with E-state index in [2.05, 4.69) is 30.9 Å². The Morgan fingerprint density at radius 2 is 2.06 bits per heavy atom. The van der Waals surface area contributed by atoms with Gasteiger partial charge < -0.3 is 4.74 Å². The molecule has 0 bridgehead atoms. The van der Waals surface area contributed by atoms with E-state index >= 15 is 0 Å². The van der Waals surface area contributed by atoms with Crippen LogP contribution in [0.5, 0.6) is 0 Å². The van der Waals surface area contributed by atoms with E-state index in [1.165, 1.54) is 7.11 Å². The van der Waals surface area contributed by atoms with Gasteiger partial charge in [-0.3, -0.25) is 4.57 Å². The van der Waals surface area contributed by atoms with E-state index in [4.69, 9.17) is 0 Å². The maximum absolute atomic E-state index is 11.4. The summed E-state index contributed by atoms with van der Waals surface area (Å²) in [5.74, 6) is -0.373. The molecule has 0 unspecified atom stereocenters. The number of carbonyl (C=O) groups is 1. The second-order valence-electron chi connectivity index (χ2n) is 3.03. The van der Waals surface area contributed by atoms with Crippen molar-refractivity contribution in [2.45, 2.75) is 0 Å². The minimum Gasteiger partial charge on any atom is -0.465 e. The average molecular weight is 282 g/mol. The van der Waals surface area contributed by atoms with Crippen LogP contribution in [-0.2, 0) is 4.74 Å². The Kier molecular flexibility index (Phi) is 3.00. The van der Waals surface area contributed by atoms with Crippen molar-refractivity contribution < 1.29 is 9.53 Å². The largest absolute Gasteiger partial charge is 0.465 e. The number of aromatic nitrogens is 3. The summed E-state index contributed by atoms with van der Waals surface area (Å²) in [6, 6.07) is 5.17. The maximum Gasteiger partial charge on any atom is 0.337 e. The van der Waals surface area contributed by atoms with Crippen LogP contribution in [0.2, 0.25) is 0 Å². The second kappa shape index (κ2) is 4.44. The third kappa shape index (κ3) is 1.96. The van der Waals surface area contributed by atoms with Crippen LogP contribution < -0.4 is 0 Å². The molecular weight excluding hydrogens is 274 g/mol. The lowest BCUT2D eigenvalue weighted by molar-refractivity contribution is 0.0600. The minimum atomic E-state index is -0.373. The zero-order valence-electron chi connectivity index (χ0n) is 8.42. The molecule has 2 aromatic rings. The molecule has 16 heavy (non-hydrogen) atoms. The first-order valence-corrected chi connectivity index (χ1v) is 5.24. The normalized spacial score (nSPS) is 10.1.